The van der Waals surface area contributed by atoms with Crippen molar-refractivity contribution in [1.82, 2.24) is 9.55 Å². The van der Waals surface area contributed by atoms with Crippen molar-refractivity contribution in [3.05, 3.63) is 54.9 Å². The Kier molecular flexibility index (Phi) is 2.78. The topological polar surface area (TPSA) is 40.2 Å². The number of rotatable bonds is 2. The van der Waals surface area contributed by atoms with E-state index in [9.17, 15) is 0 Å². The van der Waals surface area contributed by atoms with Crippen LogP contribution in [0.15, 0.2) is 59.3 Å². The maximum Gasteiger partial charge on any atom is 0.146 e. The van der Waals surface area contributed by atoms with E-state index in [2.05, 4.69) is 33.8 Å². The van der Waals surface area contributed by atoms with E-state index in [1.165, 1.54) is 0 Å². The highest BCUT2D eigenvalue weighted by Gasteiger charge is 2.22. The minimum absolute atomic E-state index is 0.354. The molecule has 1 aliphatic heterocycles. The van der Waals surface area contributed by atoms with Gasteiger partial charge in [0.1, 0.15) is 17.0 Å². The number of furan rings is 1. The van der Waals surface area contributed by atoms with Crippen LogP contribution in [-0.4, -0.2) is 22.8 Å². The van der Waals surface area contributed by atoms with Gasteiger partial charge in [-0.25, -0.2) is 4.98 Å². The van der Waals surface area contributed by atoms with Crippen LogP contribution in [0.3, 0.4) is 0 Å². The first-order valence-electron chi connectivity index (χ1n) is 7.93. The van der Waals surface area contributed by atoms with Crippen LogP contribution in [0.25, 0.3) is 33.3 Å². The number of fused-ring (bicyclic) bond motifs is 3. The van der Waals surface area contributed by atoms with Crippen LogP contribution < -0.4 is 0 Å². The Morgan fingerprint density at radius 1 is 1.04 bits per heavy atom. The minimum Gasteiger partial charge on any atom is -0.455 e. The highest BCUT2D eigenvalue weighted by atomic mass is 16.5. The molecular weight excluding hydrogens is 288 g/mol. The number of aromatic nitrogens is 2. The normalized spacial score (nSPS) is 18.2. The highest BCUT2D eigenvalue weighted by molar-refractivity contribution is 6.09. The zero-order valence-corrected chi connectivity index (χ0v) is 12.6. The molecule has 1 fully saturated rings. The van der Waals surface area contributed by atoms with Crippen molar-refractivity contribution in [2.45, 2.75) is 12.5 Å². The summed E-state index contributed by atoms with van der Waals surface area (Å²) in [5.41, 5.74) is 2.85. The molecule has 0 spiro atoms. The molecule has 114 valence electrons. The SMILES string of the molecule is c1ccc2c(c1)oc1c(-c3nccn3C3CCOC3)cccc12. The zero-order chi connectivity index (χ0) is 15.2. The van der Waals surface area contributed by atoms with Crippen molar-refractivity contribution in [3.8, 4) is 11.4 Å². The van der Waals surface area contributed by atoms with Gasteiger partial charge in [0.25, 0.3) is 0 Å². The average Bonchev–Trinajstić information content (AvgIpc) is 3.32. The van der Waals surface area contributed by atoms with Crippen LogP contribution in [0, 0.1) is 0 Å². The van der Waals surface area contributed by atoms with E-state index in [-0.39, 0.29) is 0 Å². The Morgan fingerprint density at radius 2 is 1.96 bits per heavy atom. The molecular formula is C19H16N2O2. The van der Waals surface area contributed by atoms with E-state index >= 15 is 0 Å². The third-order valence-corrected chi connectivity index (χ3v) is 4.61. The van der Waals surface area contributed by atoms with E-state index in [4.69, 9.17) is 9.15 Å². The molecule has 0 N–H and O–H groups in total. The van der Waals surface area contributed by atoms with Gasteiger partial charge in [0.05, 0.1) is 18.2 Å². The highest BCUT2D eigenvalue weighted by Crippen LogP contribution is 2.36. The Balaban J connectivity index is 1.76. The fourth-order valence-electron chi connectivity index (χ4n) is 3.48. The number of benzene rings is 2. The second kappa shape index (κ2) is 4.96. The smallest absolute Gasteiger partial charge is 0.146 e. The maximum atomic E-state index is 6.14. The predicted octanol–water partition coefficient (Wildman–Crippen LogP) is 4.41. The number of ether oxygens (including phenoxy) is 1. The number of hydrogen-bond donors (Lipinski definition) is 0. The first kappa shape index (κ1) is 12.9. The molecule has 0 saturated carbocycles. The quantitative estimate of drug-likeness (QED) is 0.550. The molecule has 1 unspecified atom stereocenters. The summed E-state index contributed by atoms with van der Waals surface area (Å²) in [4.78, 5) is 4.60. The fourth-order valence-corrected chi connectivity index (χ4v) is 3.48. The van der Waals surface area contributed by atoms with Crippen LogP contribution in [0.4, 0.5) is 0 Å². The molecule has 0 aliphatic carbocycles. The van der Waals surface area contributed by atoms with E-state index in [1.807, 2.05) is 30.6 Å². The molecule has 2 aromatic carbocycles. The molecule has 2 aromatic heterocycles. The third kappa shape index (κ3) is 1.92. The summed E-state index contributed by atoms with van der Waals surface area (Å²) >= 11 is 0. The molecule has 0 bridgehead atoms. The zero-order valence-electron chi connectivity index (χ0n) is 12.6. The molecule has 1 aliphatic rings. The number of imidazole rings is 1. The number of para-hydroxylation sites is 2. The van der Waals surface area contributed by atoms with Crippen molar-refractivity contribution in [2.75, 3.05) is 13.2 Å². The molecule has 1 atom stereocenters. The lowest BCUT2D eigenvalue weighted by atomic mass is 10.1. The minimum atomic E-state index is 0.354. The second-order valence-corrected chi connectivity index (χ2v) is 5.96. The molecule has 4 heteroatoms. The van der Waals surface area contributed by atoms with Gasteiger partial charge in [-0.2, -0.15) is 0 Å². The average molecular weight is 304 g/mol. The molecule has 0 amide bonds. The lowest BCUT2D eigenvalue weighted by Crippen LogP contribution is -2.09. The Hall–Kier alpha value is -2.59. The van der Waals surface area contributed by atoms with Crippen molar-refractivity contribution in [2.24, 2.45) is 0 Å². The van der Waals surface area contributed by atoms with Gasteiger partial charge in [0, 0.05) is 29.8 Å². The summed E-state index contributed by atoms with van der Waals surface area (Å²) in [6.07, 6.45) is 4.92. The van der Waals surface area contributed by atoms with Crippen LogP contribution >= 0.6 is 0 Å². The molecule has 5 rings (SSSR count). The van der Waals surface area contributed by atoms with E-state index in [0.29, 0.717) is 6.04 Å². The summed E-state index contributed by atoms with van der Waals surface area (Å²) < 4.78 is 13.9. The number of hydrogen-bond acceptors (Lipinski definition) is 3. The lowest BCUT2D eigenvalue weighted by molar-refractivity contribution is 0.187. The molecule has 3 heterocycles. The van der Waals surface area contributed by atoms with Crippen molar-refractivity contribution in [1.29, 1.82) is 0 Å². The van der Waals surface area contributed by atoms with Gasteiger partial charge >= 0.3 is 0 Å². The van der Waals surface area contributed by atoms with Crippen molar-refractivity contribution in [3.63, 3.8) is 0 Å². The molecule has 0 radical (unpaired) electrons. The van der Waals surface area contributed by atoms with E-state index in [0.717, 1.165) is 53.0 Å². The first-order valence-corrected chi connectivity index (χ1v) is 7.93. The van der Waals surface area contributed by atoms with E-state index in [1.54, 1.807) is 0 Å². The van der Waals surface area contributed by atoms with Crippen LogP contribution in [0.2, 0.25) is 0 Å². The molecule has 1 saturated heterocycles. The van der Waals surface area contributed by atoms with Gasteiger partial charge in [-0.3, -0.25) is 0 Å². The monoisotopic (exact) mass is 304 g/mol. The van der Waals surface area contributed by atoms with Gasteiger partial charge in [-0.15, -0.1) is 0 Å². The Bertz CT molecular complexity index is 993. The van der Waals surface area contributed by atoms with E-state index < -0.39 is 0 Å². The first-order chi connectivity index (χ1) is 11.4. The fraction of sp³-hybridized carbons (Fsp3) is 0.211. The molecule has 4 nitrogen and oxygen atoms in total. The van der Waals surface area contributed by atoms with Crippen LogP contribution in [-0.2, 0) is 4.74 Å². The van der Waals surface area contributed by atoms with Crippen LogP contribution in [0.1, 0.15) is 12.5 Å². The molecule has 4 aromatic rings. The van der Waals surface area contributed by atoms with Crippen LogP contribution in [0.5, 0.6) is 0 Å². The third-order valence-electron chi connectivity index (χ3n) is 4.61. The summed E-state index contributed by atoms with van der Waals surface area (Å²) in [5, 5.41) is 2.28. The van der Waals surface area contributed by atoms with Gasteiger partial charge in [0.2, 0.25) is 0 Å². The molecule has 23 heavy (non-hydrogen) atoms. The largest absolute Gasteiger partial charge is 0.455 e. The summed E-state index contributed by atoms with van der Waals surface area (Å²) in [6.45, 7) is 1.57. The van der Waals surface area contributed by atoms with Gasteiger partial charge in [-0.1, -0.05) is 30.3 Å². The summed E-state index contributed by atoms with van der Waals surface area (Å²) in [6, 6.07) is 14.8. The second-order valence-electron chi connectivity index (χ2n) is 5.96. The van der Waals surface area contributed by atoms with Gasteiger partial charge in [-0.05, 0) is 18.6 Å². The van der Waals surface area contributed by atoms with Crippen molar-refractivity contribution >= 4 is 21.9 Å². The predicted molar refractivity (Wildman–Crippen MR) is 89.4 cm³/mol. The Labute approximate surface area is 133 Å². The van der Waals surface area contributed by atoms with Crippen molar-refractivity contribution < 1.29 is 9.15 Å². The van der Waals surface area contributed by atoms with Gasteiger partial charge < -0.3 is 13.7 Å². The summed E-state index contributed by atoms with van der Waals surface area (Å²) in [7, 11) is 0. The number of nitrogens with zero attached hydrogens (tertiary/aromatic N) is 2. The van der Waals surface area contributed by atoms with Gasteiger partial charge in [0.15, 0.2) is 0 Å². The summed E-state index contributed by atoms with van der Waals surface area (Å²) in [5.74, 6) is 0.949. The standard InChI is InChI=1S/C19H16N2O2/c1-2-7-17-14(4-1)15-5-3-6-16(18(15)23-17)19-20-9-10-21(19)13-8-11-22-12-13/h1-7,9-10,13H,8,11-12H2. The lowest BCUT2D eigenvalue weighted by Gasteiger charge is -2.13. The maximum absolute atomic E-state index is 6.14. The Morgan fingerprint density at radius 3 is 2.87 bits per heavy atom.